The number of rotatable bonds is 4. The van der Waals surface area contributed by atoms with Gasteiger partial charge < -0.3 is 9.47 Å². The van der Waals surface area contributed by atoms with Crippen LogP contribution in [0.4, 0.5) is 0 Å². The molecule has 1 atom stereocenters. The van der Waals surface area contributed by atoms with E-state index in [0.29, 0.717) is 32.5 Å². The maximum absolute atomic E-state index is 12.8. The largest absolute Gasteiger partial charge is 0.339 e. The maximum Gasteiger partial charge on any atom is 0.262 e. The van der Waals surface area contributed by atoms with Crippen molar-refractivity contribution in [2.45, 2.75) is 24.3 Å². The van der Waals surface area contributed by atoms with E-state index in [4.69, 9.17) is 0 Å². The van der Waals surface area contributed by atoms with Crippen LogP contribution in [0.15, 0.2) is 30.2 Å². The van der Waals surface area contributed by atoms with E-state index in [9.17, 15) is 13.2 Å². The summed E-state index contributed by atoms with van der Waals surface area (Å²) in [6.45, 7) is 5.56. The molecule has 1 aromatic heterocycles. The molecule has 0 aromatic carbocycles. The van der Waals surface area contributed by atoms with Crippen LogP contribution in [-0.4, -0.2) is 59.3 Å². The monoisotopic (exact) mass is 338 g/mol. The van der Waals surface area contributed by atoms with Crippen molar-refractivity contribution in [2.24, 2.45) is 12.5 Å². The number of hydrogen-bond donors (Lipinski definition) is 0. The van der Waals surface area contributed by atoms with Gasteiger partial charge in [-0.25, -0.2) is 13.4 Å². The van der Waals surface area contributed by atoms with Crippen LogP contribution in [0, 0.1) is 5.41 Å². The van der Waals surface area contributed by atoms with E-state index >= 15 is 0 Å². The summed E-state index contributed by atoms with van der Waals surface area (Å²) in [4.78, 5) is 18.5. The lowest BCUT2D eigenvalue weighted by Gasteiger charge is -2.37. The molecule has 7 nitrogen and oxygen atoms in total. The van der Waals surface area contributed by atoms with E-state index in [1.54, 1.807) is 22.6 Å². The average Bonchev–Trinajstić information content (AvgIpc) is 3.08. The number of carbonyl (C=O) groups excluding carboxylic acids is 1. The number of aryl methyl sites for hydroxylation is 1. The Balaban J connectivity index is 1.84. The summed E-state index contributed by atoms with van der Waals surface area (Å²) in [5, 5.41) is 0.0467. The van der Waals surface area contributed by atoms with Gasteiger partial charge in [0.15, 0.2) is 5.03 Å². The lowest BCUT2D eigenvalue weighted by molar-refractivity contribution is -0.137. The molecule has 3 heterocycles. The highest BCUT2D eigenvalue weighted by atomic mass is 32.2. The minimum absolute atomic E-state index is 0.0467. The molecule has 1 amide bonds. The van der Waals surface area contributed by atoms with Crippen molar-refractivity contribution >= 4 is 15.9 Å². The van der Waals surface area contributed by atoms with Crippen molar-refractivity contribution < 1.29 is 13.2 Å². The number of likely N-dealkylation sites (tertiary alicyclic amines) is 1. The second-order valence-electron chi connectivity index (χ2n) is 6.39. The number of amides is 1. The van der Waals surface area contributed by atoms with Gasteiger partial charge in [0.2, 0.25) is 5.91 Å². The number of nitrogens with zero attached hydrogens (tertiary/aromatic N) is 4. The summed E-state index contributed by atoms with van der Waals surface area (Å²) in [6.07, 6.45) is 6.82. The predicted molar refractivity (Wildman–Crippen MR) is 85.0 cm³/mol. The van der Waals surface area contributed by atoms with Crippen molar-refractivity contribution in [1.29, 1.82) is 0 Å². The van der Waals surface area contributed by atoms with Crippen molar-refractivity contribution in [3.63, 3.8) is 0 Å². The fourth-order valence-electron chi connectivity index (χ4n) is 3.55. The summed E-state index contributed by atoms with van der Waals surface area (Å²) in [6, 6.07) is 0. The SMILES string of the molecule is C=CCN1CCC2(CCCN(S(=O)(=O)c3cn(C)cn3)C2)C1=O. The minimum Gasteiger partial charge on any atom is -0.339 e. The van der Waals surface area contributed by atoms with Crippen molar-refractivity contribution in [3.8, 4) is 0 Å². The van der Waals surface area contributed by atoms with Crippen LogP contribution in [-0.2, 0) is 21.9 Å². The quantitative estimate of drug-likeness (QED) is 0.754. The maximum atomic E-state index is 12.8. The molecule has 2 aliphatic heterocycles. The molecular formula is C15H22N4O3S. The highest BCUT2D eigenvalue weighted by Gasteiger charge is 2.50. The van der Waals surface area contributed by atoms with Gasteiger partial charge in [0, 0.05) is 39.4 Å². The van der Waals surface area contributed by atoms with Crippen LogP contribution in [0.1, 0.15) is 19.3 Å². The summed E-state index contributed by atoms with van der Waals surface area (Å²) in [7, 11) is -1.91. The Labute approximate surface area is 136 Å². The molecule has 23 heavy (non-hydrogen) atoms. The van der Waals surface area contributed by atoms with Crippen LogP contribution in [0.5, 0.6) is 0 Å². The Hall–Kier alpha value is -1.67. The van der Waals surface area contributed by atoms with Crippen molar-refractivity contribution in [3.05, 3.63) is 25.2 Å². The third kappa shape index (κ3) is 2.70. The Morgan fingerprint density at radius 1 is 1.39 bits per heavy atom. The van der Waals surface area contributed by atoms with Crippen molar-refractivity contribution in [2.75, 3.05) is 26.2 Å². The average molecular weight is 338 g/mol. The first kappa shape index (κ1) is 16.2. The second kappa shape index (κ2) is 5.76. The lowest BCUT2D eigenvalue weighted by atomic mass is 9.79. The van der Waals surface area contributed by atoms with Gasteiger partial charge in [0.1, 0.15) is 0 Å². The molecule has 0 bridgehead atoms. The Morgan fingerprint density at radius 2 is 2.17 bits per heavy atom. The molecule has 0 N–H and O–H groups in total. The molecule has 1 aromatic rings. The number of piperidine rings is 1. The number of sulfonamides is 1. The number of aromatic nitrogens is 2. The Bertz CT molecular complexity index is 727. The molecule has 0 saturated carbocycles. The first-order valence-corrected chi connectivity index (χ1v) is 9.21. The van der Waals surface area contributed by atoms with Crippen molar-refractivity contribution in [1.82, 2.24) is 18.8 Å². The minimum atomic E-state index is -3.65. The van der Waals surface area contributed by atoms with Crippen LogP contribution in [0.3, 0.4) is 0 Å². The van der Waals surface area contributed by atoms with Gasteiger partial charge in [0.05, 0.1) is 11.7 Å². The van der Waals surface area contributed by atoms with E-state index < -0.39 is 15.4 Å². The molecular weight excluding hydrogens is 316 g/mol. The Kier molecular flexibility index (Phi) is 4.05. The van der Waals surface area contributed by atoms with Gasteiger partial charge >= 0.3 is 0 Å². The predicted octanol–water partition coefficient (Wildman–Crippen LogP) is 0.609. The van der Waals surface area contributed by atoms with E-state index in [2.05, 4.69) is 11.6 Å². The van der Waals surface area contributed by atoms with Crippen LogP contribution < -0.4 is 0 Å². The molecule has 0 radical (unpaired) electrons. The number of carbonyl (C=O) groups is 1. The molecule has 2 saturated heterocycles. The number of imidazole rings is 1. The van der Waals surface area contributed by atoms with Crippen LogP contribution in [0.2, 0.25) is 0 Å². The van der Waals surface area contributed by atoms with Gasteiger partial charge in [-0.1, -0.05) is 6.08 Å². The molecule has 3 rings (SSSR count). The molecule has 2 aliphatic rings. The molecule has 1 unspecified atom stereocenters. The molecule has 126 valence electrons. The van der Waals surface area contributed by atoms with E-state index in [1.165, 1.54) is 16.8 Å². The normalized spacial score (nSPS) is 26.1. The second-order valence-corrected chi connectivity index (χ2v) is 8.27. The summed E-state index contributed by atoms with van der Waals surface area (Å²) in [5.41, 5.74) is -0.580. The van der Waals surface area contributed by atoms with Gasteiger partial charge in [-0.15, -0.1) is 6.58 Å². The first-order chi connectivity index (χ1) is 10.9. The highest BCUT2D eigenvalue weighted by Crippen LogP contribution is 2.41. The van der Waals surface area contributed by atoms with E-state index in [0.717, 1.165) is 6.42 Å². The van der Waals surface area contributed by atoms with E-state index in [1.807, 2.05) is 0 Å². The Morgan fingerprint density at radius 3 is 2.83 bits per heavy atom. The lowest BCUT2D eigenvalue weighted by Crippen LogP contribution is -2.49. The topological polar surface area (TPSA) is 75.5 Å². The summed E-state index contributed by atoms with van der Waals surface area (Å²) < 4.78 is 28.6. The zero-order chi connectivity index (χ0) is 16.7. The third-order valence-corrected chi connectivity index (χ3v) is 6.51. The highest BCUT2D eigenvalue weighted by molar-refractivity contribution is 7.89. The number of hydrogen-bond acceptors (Lipinski definition) is 4. The van der Waals surface area contributed by atoms with Gasteiger partial charge in [-0.2, -0.15) is 4.31 Å². The van der Waals surface area contributed by atoms with Gasteiger partial charge in [0.25, 0.3) is 10.0 Å². The van der Waals surface area contributed by atoms with Crippen LogP contribution in [0.25, 0.3) is 0 Å². The molecule has 8 heteroatoms. The first-order valence-electron chi connectivity index (χ1n) is 7.77. The standard InChI is InChI=1S/C15H22N4O3S/c1-3-7-18-9-6-15(14(18)20)5-4-8-19(11-15)23(21,22)13-10-17(2)12-16-13/h3,10,12H,1,4-9,11H2,2H3. The fraction of sp³-hybridized carbons (Fsp3) is 0.600. The summed E-state index contributed by atoms with van der Waals surface area (Å²) in [5.74, 6) is 0.0540. The fourth-order valence-corrected chi connectivity index (χ4v) is 5.08. The third-order valence-electron chi connectivity index (χ3n) is 4.78. The van der Waals surface area contributed by atoms with Gasteiger partial charge in [-0.05, 0) is 19.3 Å². The van der Waals surface area contributed by atoms with Gasteiger partial charge in [-0.3, -0.25) is 4.79 Å². The molecule has 2 fully saturated rings. The smallest absolute Gasteiger partial charge is 0.262 e. The van der Waals surface area contributed by atoms with E-state index in [-0.39, 0.29) is 17.5 Å². The van der Waals surface area contributed by atoms with Crippen LogP contribution >= 0.6 is 0 Å². The zero-order valence-electron chi connectivity index (χ0n) is 13.3. The summed E-state index contributed by atoms with van der Waals surface area (Å²) >= 11 is 0. The molecule has 1 spiro atoms. The molecule has 0 aliphatic carbocycles. The zero-order valence-corrected chi connectivity index (χ0v) is 14.1.